The topological polar surface area (TPSA) is 24.5 Å². The Morgan fingerprint density at radius 2 is 2.00 bits per heavy atom. The third-order valence-corrected chi connectivity index (χ3v) is 2.95. The van der Waals surface area contributed by atoms with E-state index in [1.807, 2.05) is 25.2 Å². The van der Waals surface area contributed by atoms with Crippen LogP contribution in [0.1, 0.15) is 12.5 Å². The third-order valence-electron chi connectivity index (χ3n) is 2.95. The summed E-state index contributed by atoms with van der Waals surface area (Å²) in [4.78, 5) is 2.31. The summed E-state index contributed by atoms with van der Waals surface area (Å²) < 4.78 is 5.66. The first-order valence-corrected chi connectivity index (χ1v) is 6.20. The summed E-state index contributed by atoms with van der Waals surface area (Å²) in [6, 6.07) is 10.8. The molecule has 1 rings (SSSR count). The van der Waals surface area contributed by atoms with E-state index in [9.17, 15) is 0 Å². The first kappa shape index (κ1) is 14.2. The van der Waals surface area contributed by atoms with Gasteiger partial charge in [-0.15, -0.1) is 0 Å². The Morgan fingerprint density at radius 3 is 2.65 bits per heavy atom. The molecule has 0 aliphatic heterocycles. The second-order valence-electron chi connectivity index (χ2n) is 4.43. The van der Waals surface area contributed by atoms with E-state index in [2.05, 4.69) is 36.3 Å². The fourth-order valence-electron chi connectivity index (χ4n) is 1.64. The lowest BCUT2D eigenvalue weighted by Crippen LogP contribution is -2.38. The van der Waals surface area contributed by atoms with Gasteiger partial charge in [0.1, 0.15) is 0 Å². The maximum Gasteiger partial charge on any atom is 0.0717 e. The molecule has 0 amide bonds. The molecule has 0 fully saturated rings. The Hall–Kier alpha value is -0.900. The molecule has 3 nitrogen and oxygen atoms in total. The molecule has 0 saturated heterocycles. The van der Waals surface area contributed by atoms with Crippen molar-refractivity contribution in [3.05, 3.63) is 35.9 Å². The molecule has 0 bridgehead atoms. The lowest BCUT2D eigenvalue weighted by atomic mass is 10.2. The number of hydrogen-bond acceptors (Lipinski definition) is 3. The Balaban J connectivity index is 2.12. The van der Waals surface area contributed by atoms with Crippen LogP contribution >= 0.6 is 0 Å². The van der Waals surface area contributed by atoms with Gasteiger partial charge < -0.3 is 15.0 Å². The van der Waals surface area contributed by atoms with Crippen LogP contribution in [0.5, 0.6) is 0 Å². The fraction of sp³-hybridized carbons (Fsp3) is 0.571. The van der Waals surface area contributed by atoms with E-state index in [0.717, 1.165) is 19.7 Å². The zero-order chi connectivity index (χ0) is 12.5. The van der Waals surface area contributed by atoms with Crippen molar-refractivity contribution in [2.24, 2.45) is 0 Å². The Kier molecular flexibility index (Phi) is 6.86. The molecule has 1 atom stereocenters. The highest BCUT2D eigenvalue weighted by molar-refractivity contribution is 5.13. The van der Waals surface area contributed by atoms with Gasteiger partial charge in [0.15, 0.2) is 0 Å². The summed E-state index contributed by atoms with van der Waals surface area (Å²) in [7, 11) is 4.12. The summed E-state index contributed by atoms with van der Waals surface area (Å²) in [6.45, 7) is 5.67. The van der Waals surface area contributed by atoms with Crippen LogP contribution in [0.15, 0.2) is 30.3 Å². The van der Waals surface area contributed by atoms with Gasteiger partial charge >= 0.3 is 0 Å². The second kappa shape index (κ2) is 8.23. The number of nitrogens with one attached hydrogen (secondary N) is 1. The maximum atomic E-state index is 5.66. The van der Waals surface area contributed by atoms with Crippen molar-refractivity contribution in [1.29, 1.82) is 0 Å². The van der Waals surface area contributed by atoms with Crippen LogP contribution < -0.4 is 5.32 Å². The number of likely N-dealkylation sites (N-methyl/N-ethyl adjacent to an activating group) is 2. The van der Waals surface area contributed by atoms with Gasteiger partial charge in [-0.1, -0.05) is 30.3 Å². The molecule has 0 radical (unpaired) electrons. The van der Waals surface area contributed by atoms with Gasteiger partial charge in [0.05, 0.1) is 13.2 Å². The van der Waals surface area contributed by atoms with Crippen molar-refractivity contribution < 1.29 is 4.74 Å². The van der Waals surface area contributed by atoms with Crippen molar-refractivity contribution in [1.82, 2.24) is 10.2 Å². The molecule has 0 aliphatic carbocycles. The van der Waals surface area contributed by atoms with Crippen molar-refractivity contribution in [2.45, 2.75) is 19.6 Å². The molecule has 0 saturated carbocycles. The minimum Gasteiger partial charge on any atom is -0.375 e. The van der Waals surface area contributed by atoms with E-state index in [0.29, 0.717) is 12.6 Å². The largest absolute Gasteiger partial charge is 0.375 e. The van der Waals surface area contributed by atoms with E-state index < -0.39 is 0 Å². The number of ether oxygens (including phenoxy) is 1. The third kappa shape index (κ3) is 5.82. The predicted octanol–water partition coefficient (Wildman–Crippen LogP) is 1.74. The first-order valence-electron chi connectivity index (χ1n) is 6.20. The van der Waals surface area contributed by atoms with E-state index >= 15 is 0 Å². The normalized spacial score (nSPS) is 12.9. The molecule has 1 aromatic carbocycles. The van der Waals surface area contributed by atoms with Crippen LogP contribution in [0.25, 0.3) is 0 Å². The van der Waals surface area contributed by atoms with Crippen LogP contribution in [-0.4, -0.2) is 44.7 Å². The van der Waals surface area contributed by atoms with Crippen molar-refractivity contribution in [3.8, 4) is 0 Å². The minimum atomic E-state index is 0.542. The van der Waals surface area contributed by atoms with Crippen LogP contribution in [0, 0.1) is 0 Å². The average Bonchev–Trinajstić information content (AvgIpc) is 2.36. The number of rotatable bonds is 8. The monoisotopic (exact) mass is 236 g/mol. The zero-order valence-corrected chi connectivity index (χ0v) is 11.1. The van der Waals surface area contributed by atoms with E-state index in [-0.39, 0.29) is 0 Å². The van der Waals surface area contributed by atoms with Crippen molar-refractivity contribution >= 4 is 0 Å². The molecule has 0 aliphatic rings. The van der Waals surface area contributed by atoms with E-state index in [4.69, 9.17) is 4.74 Å². The number of hydrogen-bond donors (Lipinski definition) is 1. The van der Waals surface area contributed by atoms with Gasteiger partial charge in [-0.3, -0.25) is 0 Å². The SMILES string of the molecule is CNCC(C)N(C)CCOCc1ccccc1. The highest BCUT2D eigenvalue weighted by Gasteiger charge is 2.06. The molecule has 0 spiro atoms. The molecule has 0 heterocycles. The lowest BCUT2D eigenvalue weighted by Gasteiger charge is -2.24. The second-order valence-corrected chi connectivity index (χ2v) is 4.43. The van der Waals surface area contributed by atoms with Crippen molar-refractivity contribution in [3.63, 3.8) is 0 Å². The maximum absolute atomic E-state index is 5.66. The summed E-state index contributed by atoms with van der Waals surface area (Å²) in [6.07, 6.45) is 0. The average molecular weight is 236 g/mol. The Labute approximate surface area is 105 Å². The summed E-state index contributed by atoms with van der Waals surface area (Å²) in [5, 5.41) is 3.18. The molecule has 1 unspecified atom stereocenters. The van der Waals surface area contributed by atoms with Gasteiger partial charge in [-0.2, -0.15) is 0 Å². The van der Waals surface area contributed by atoms with Gasteiger partial charge in [0, 0.05) is 19.1 Å². The molecule has 1 aromatic rings. The minimum absolute atomic E-state index is 0.542. The summed E-state index contributed by atoms with van der Waals surface area (Å²) in [5.74, 6) is 0. The summed E-state index contributed by atoms with van der Waals surface area (Å²) >= 11 is 0. The molecule has 96 valence electrons. The molecular formula is C14H24N2O. The molecular weight excluding hydrogens is 212 g/mol. The smallest absolute Gasteiger partial charge is 0.0717 e. The number of nitrogens with zero attached hydrogens (tertiary/aromatic N) is 1. The van der Waals surface area contributed by atoms with E-state index in [1.165, 1.54) is 5.56 Å². The van der Waals surface area contributed by atoms with Gasteiger partial charge in [0.2, 0.25) is 0 Å². The predicted molar refractivity (Wildman–Crippen MR) is 72.1 cm³/mol. The molecule has 0 aromatic heterocycles. The molecule has 3 heteroatoms. The van der Waals surface area contributed by atoms with Crippen LogP contribution in [0.2, 0.25) is 0 Å². The first-order chi connectivity index (χ1) is 8.24. The van der Waals surface area contributed by atoms with Crippen LogP contribution in [0.4, 0.5) is 0 Å². The Morgan fingerprint density at radius 1 is 1.29 bits per heavy atom. The number of benzene rings is 1. The standard InChI is InChI=1S/C14H24N2O/c1-13(11-15-2)16(3)9-10-17-12-14-7-5-4-6-8-14/h4-8,13,15H,9-12H2,1-3H3. The van der Waals surface area contributed by atoms with Gasteiger partial charge in [-0.05, 0) is 26.6 Å². The van der Waals surface area contributed by atoms with E-state index in [1.54, 1.807) is 0 Å². The van der Waals surface area contributed by atoms with Crippen LogP contribution in [0.3, 0.4) is 0 Å². The lowest BCUT2D eigenvalue weighted by molar-refractivity contribution is 0.0901. The fourth-order valence-corrected chi connectivity index (χ4v) is 1.64. The van der Waals surface area contributed by atoms with Crippen molar-refractivity contribution in [2.75, 3.05) is 33.8 Å². The molecule has 17 heavy (non-hydrogen) atoms. The zero-order valence-electron chi connectivity index (χ0n) is 11.1. The van der Waals surface area contributed by atoms with Crippen LogP contribution in [-0.2, 0) is 11.3 Å². The molecule has 1 N–H and O–H groups in total. The highest BCUT2D eigenvalue weighted by atomic mass is 16.5. The highest BCUT2D eigenvalue weighted by Crippen LogP contribution is 2.01. The quantitative estimate of drug-likeness (QED) is 0.696. The Bertz CT molecular complexity index is 290. The van der Waals surface area contributed by atoms with Gasteiger partial charge in [0.25, 0.3) is 0 Å². The van der Waals surface area contributed by atoms with Gasteiger partial charge in [-0.25, -0.2) is 0 Å². The summed E-state index contributed by atoms with van der Waals surface area (Å²) in [5.41, 5.74) is 1.23.